The molecule has 3 N–H and O–H groups in total. The maximum absolute atomic E-state index is 12.6. The molecule has 4 nitrogen and oxygen atoms in total. The van der Waals surface area contributed by atoms with E-state index in [1.165, 1.54) is 0 Å². The SMILES string of the molecule is COc1cccc(CNc2cc(C(F)(F)F)ncc2N)c1. The third kappa shape index (κ3) is 3.77. The summed E-state index contributed by atoms with van der Waals surface area (Å²) in [5, 5.41) is 2.87. The largest absolute Gasteiger partial charge is 0.497 e. The summed E-state index contributed by atoms with van der Waals surface area (Å²) < 4.78 is 42.9. The molecule has 0 aliphatic heterocycles. The Morgan fingerprint density at radius 3 is 2.71 bits per heavy atom. The van der Waals surface area contributed by atoms with Crippen molar-refractivity contribution >= 4 is 11.4 Å². The van der Waals surface area contributed by atoms with E-state index < -0.39 is 11.9 Å². The van der Waals surface area contributed by atoms with E-state index in [1.54, 1.807) is 25.3 Å². The minimum absolute atomic E-state index is 0.158. The summed E-state index contributed by atoms with van der Waals surface area (Å²) in [5.74, 6) is 0.674. The number of methoxy groups -OCH3 is 1. The number of nitrogens with zero attached hydrogens (tertiary/aromatic N) is 1. The first-order valence-electron chi connectivity index (χ1n) is 6.09. The number of rotatable bonds is 4. The van der Waals surface area contributed by atoms with Crippen molar-refractivity contribution in [2.45, 2.75) is 12.7 Å². The predicted molar refractivity (Wildman–Crippen MR) is 74.0 cm³/mol. The number of alkyl halides is 3. The Balaban J connectivity index is 2.15. The number of anilines is 2. The minimum Gasteiger partial charge on any atom is -0.497 e. The molecule has 7 heteroatoms. The van der Waals surface area contributed by atoms with Crippen molar-refractivity contribution < 1.29 is 17.9 Å². The number of hydrogen-bond donors (Lipinski definition) is 2. The van der Waals surface area contributed by atoms with Gasteiger partial charge >= 0.3 is 6.18 Å². The Kier molecular flexibility index (Phi) is 4.21. The molecule has 2 rings (SSSR count). The number of halogens is 3. The third-order valence-corrected chi connectivity index (χ3v) is 2.84. The van der Waals surface area contributed by atoms with Crippen molar-refractivity contribution in [1.82, 2.24) is 4.98 Å². The fraction of sp³-hybridized carbons (Fsp3) is 0.214. The molecule has 0 amide bonds. The second-order valence-electron chi connectivity index (χ2n) is 4.36. The Morgan fingerprint density at radius 2 is 2.05 bits per heavy atom. The van der Waals surface area contributed by atoms with E-state index in [4.69, 9.17) is 10.5 Å². The Morgan fingerprint density at radius 1 is 1.29 bits per heavy atom. The van der Waals surface area contributed by atoms with Crippen LogP contribution in [0.25, 0.3) is 0 Å². The Bertz CT molecular complexity index is 629. The van der Waals surface area contributed by atoms with Gasteiger partial charge in [-0.1, -0.05) is 12.1 Å². The lowest BCUT2D eigenvalue weighted by Gasteiger charge is -2.12. The lowest BCUT2D eigenvalue weighted by Crippen LogP contribution is -2.10. The smallest absolute Gasteiger partial charge is 0.433 e. The van der Waals surface area contributed by atoms with Gasteiger partial charge in [-0.05, 0) is 23.8 Å². The van der Waals surface area contributed by atoms with Crippen LogP contribution >= 0.6 is 0 Å². The normalized spacial score (nSPS) is 11.2. The van der Waals surface area contributed by atoms with Crippen LogP contribution in [0, 0.1) is 0 Å². The number of nitrogens with two attached hydrogens (primary N) is 1. The first-order valence-corrected chi connectivity index (χ1v) is 6.09. The van der Waals surface area contributed by atoms with Gasteiger partial charge in [0.15, 0.2) is 0 Å². The average molecular weight is 297 g/mol. The number of hydrogen-bond acceptors (Lipinski definition) is 4. The van der Waals surface area contributed by atoms with Gasteiger partial charge in [-0.15, -0.1) is 0 Å². The number of nitrogens with one attached hydrogen (secondary N) is 1. The van der Waals surface area contributed by atoms with E-state index >= 15 is 0 Å². The minimum atomic E-state index is -4.50. The van der Waals surface area contributed by atoms with Crippen LogP contribution in [0.4, 0.5) is 24.5 Å². The summed E-state index contributed by atoms with van der Waals surface area (Å²) >= 11 is 0. The van der Waals surface area contributed by atoms with Gasteiger partial charge in [-0.3, -0.25) is 0 Å². The summed E-state index contributed by atoms with van der Waals surface area (Å²) in [6, 6.07) is 8.10. The van der Waals surface area contributed by atoms with Gasteiger partial charge in [0.1, 0.15) is 11.4 Å². The Labute approximate surface area is 119 Å². The van der Waals surface area contributed by atoms with Crippen molar-refractivity contribution in [3.05, 3.63) is 47.8 Å². The van der Waals surface area contributed by atoms with Crippen molar-refractivity contribution in [2.24, 2.45) is 0 Å². The standard InChI is InChI=1S/C14H14F3N3O/c1-21-10-4-2-3-9(5-10)7-19-12-6-13(14(15,16)17)20-8-11(12)18/h2-6,8H,7,18H2,1H3,(H,19,20). The quantitative estimate of drug-likeness (QED) is 0.909. The van der Waals surface area contributed by atoms with Crippen LogP contribution in [-0.4, -0.2) is 12.1 Å². The first-order chi connectivity index (χ1) is 9.90. The maximum Gasteiger partial charge on any atom is 0.433 e. The average Bonchev–Trinajstić information content (AvgIpc) is 2.45. The lowest BCUT2D eigenvalue weighted by atomic mass is 10.2. The topological polar surface area (TPSA) is 60.2 Å². The van der Waals surface area contributed by atoms with Gasteiger partial charge in [-0.25, -0.2) is 4.98 Å². The second kappa shape index (κ2) is 5.90. The molecule has 0 atom stereocenters. The van der Waals surface area contributed by atoms with Crippen molar-refractivity contribution in [2.75, 3.05) is 18.2 Å². The van der Waals surface area contributed by atoms with Crippen LogP contribution in [0.2, 0.25) is 0 Å². The summed E-state index contributed by atoms with van der Waals surface area (Å²) in [6.07, 6.45) is -3.50. The molecule has 1 aromatic carbocycles. The third-order valence-electron chi connectivity index (χ3n) is 2.84. The summed E-state index contributed by atoms with van der Waals surface area (Å²) in [4.78, 5) is 3.28. The van der Waals surface area contributed by atoms with Crippen LogP contribution in [0.3, 0.4) is 0 Å². The maximum atomic E-state index is 12.6. The van der Waals surface area contributed by atoms with E-state index in [2.05, 4.69) is 10.3 Å². The van der Waals surface area contributed by atoms with Gasteiger partial charge < -0.3 is 15.8 Å². The van der Waals surface area contributed by atoms with Crippen molar-refractivity contribution in [1.29, 1.82) is 0 Å². The zero-order valence-electron chi connectivity index (χ0n) is 11.2. The van der Waals surface area contributed by atoms with E-state index in [0.29, 0.717) is 12.3 Å². The molecule has 1 aromatic heterocycles. The molecular weight excluding hydrogens is 283 g/mol. The molecular formula is C14H14F3N3O. The highest BCUT2D eigenvalue weighted by molar-refractivity contribution is 5.65. The van der Waals surface area contributed by atoms with Crippen LogP contribution in [-0.2, 0) is 12.7 Å². The van der Waals surface area contributed by atoms with Gasteiger partial charge in [0, 0.05) is 6.54 Å². The molecule has 0 aliphatic rings. The highest BCUT2D eigenvalue weighted by Crippen LogP contribution is 2.31. The molecule has 0 bridgehead atoms. The van der Waals surface area contributed by atoms with Crippen LogP contribution in [0.15, 0.2) is 36.5 Å². The van der Waals surface area contributed by atoms with E-state index in [0.717, 1.165) is 17.8 Å². The number of ether oxygens (including phenoxy) is 1. The molecule has 0 saturated carbocycles. The number of pyridine rings is 1. The van der Waals surface area contributed by atoms with Gasteiger partial charge in [0.05, 0.1) is 24.7 Å². The molecule has 0 fully saturated rings. The molecule has 2 aromatic rings. The number of nitrogen functional groups attached to an aromatic ring is 1. The predicted octanol–water partition coefficient (Wildman–Crippen LogP) is 3.30. The second-order valence-corrected chi connectivity index (χ2v) is 4.36. The van der Waals surface area contributed by atoms with Crippen molar-refractivity contribution in [3.8, 4) is 5.75 Å². The molecule has 0 saturated heterocycles. The monoisotopic (exact) mass is 297 g/mol. The van der Waals surface area contributed by atoms with Crippen molar-refractivity contribution in [3.63, 3.8) is 0 Å². The molecule has 0 spiro atoms. The Hall–Kier alpha value is -2.44. The molecule has 0 aliphatic carbocycles. The molecule has 0 radical (unpaired) electrons. The summed E-state index contributed by atoms with van der Waals surface area (Å²) in [7, 11) is 1.54. The summed E-state index contributed by atoms with van der Waals surface area (Å²) in [5.41, 5.74) is 5.87. The molecule has 21 heavy (non-hydrogen) atoms. The van der Waals surface area contributed by atoms with Gasteiger partial charge in [0.2, 0.25) is 0 Å². The van der Waals surface area contributed by atoms with E-state index in [9.17, 15) is 13.2 Å². The van der Waals surface area contributed by atoms with E-state index in [-0.39, 0.29) is 11.4 Å². The fourth-order valence-electron chi connectivity index (χ4n) is 1.75. The summed E-state index contributed by atoms with van der Waals surface area (Å²) in [6.45, 7) is 0.322. The van der Waals surface area contributed by atoms with Gasteiger partial charge in [-0.2, -0.15) is 13.2 Å². The van der Waals surface area contributed by atoms with Crippen LogP contribution in [0.5, 0.6) is 5.75 Å². The molecule has 112 valence electrons. The number of aromatic nitrogens is 1. The van der Waals surface area contributed by atoms with Crippen LogP contribution < -0.4 is 15.8 Å². The molecule has 0 unspecified atom stereocenters. The molecule has 1 heterocycles. The fourth-order valence-corrected chi connectivity index (χ4v) is 1.75. The van der Waals surface area contributed by atoms with Gasteiger partial charge in [0.25, 0.3) is 0 Å². The first kappa shape index (κ1) is 15.0. The number of benzene rings is 1. The highest BCUT2D eigenvalue weighted by atomic mass is 19.4. The zero-order valence-corrected chi connectivity index (χ0v) is 11.2. The van der Waals surface area contributed by atoms with Crippen LogP contribution in [0.1, 0.15) is 11.3 Å². The zero-order chi connectivity index (χ0) is 15.5. The lowest BCUT2D eigenvalue weighted by molar-refractivity contribution is -0.141. The highest BCUT2D eigenvalue weighted by Gasteiger charge is 2.32. The van der Waals surface area contributed by atoms with E-state index in [1.807, 2.05) is 6.07 Å².